The number of rotatable bonds is 34. The van der Waals surface area contributed by atoms with Crippen molar-refractivity contribution in [2.24, 2.45) is 0 Å². The van der Waals surface area contributed by atoms with E-state index in [0.717, 1.165) is 32.1 Å². The van der Waals surface area contributed by atoms with Crippen LogP contribution in [-0.2, 0) is 32.7 Å². The van der Waals surface area contributed by atoms with Crippen molar-refractivity contribution in [2.75, 3.05) is 13.2 Å². The fraction of sp³-hybridized carbons (Fsp3) is 0.854. The summed E-state index contributed by atoms with van der Waals surface area (Å²) in [4.78, 5) is 35.5. The molecule has 6 N–H and O–H groups in total. The van der Waals surface area contributed by atoms with Crippen LogP contribution >= 0.6 is 7.82 Å². The van der Waals surface area contributed by atoms with Gasteiger partial charge in [-0.05, 0) is 32.1 Å². The molecule has 0 aromatic heterocycles. The molecule has 0 spiro atoms. The summed E-state index contributed by atoms with van der Waals surface area (Å²) in [7, 11) is -5.12. The molecule has 55 heavy (non-hydrogen) atoms. The molecule has 1 fully saturated rings. The van der Waals surface area contributed by atoms with Crippen LogP contribution in [0.25, 0.3) is 0 Å². The Morgan fingerprint density at radius 2 is 1.02 bits per heavy atom. The van der Waals surface area contributed by atoms with Gasteiger partial charge in [-0.3, -0.25) is 18.6 Å². The van der Waals surface area contributed by atoms with Crippen LogP contribution in [0.1, 0.15) is 168 Å². The van der Waals surface area contributed by atoms with Crippen molar-refractivity contribution in [3.8, 4) is 0 Å². The molecule has 1 saturated carbocycles. The quantitative estimate of drug-likeness (QED) is 0.0164. The lowest BCUT2D eigenvalue weighted by atomic mass is 9.85. The summed E-state index contributed by atoms with van der Waals surface area (Å²) in [6.07, 6.45) is 19.8. The minimum atomic E-state index is -5.12. The number of carbonyl (C=O) groups excluding carboxylic acids is 2. The molecule has 322 valence electrons. The first-order valence-electron chi connectivity index (χ1n) is 21.1. The standard InChI is InChI=1S/C41H75O13P/c1-3-5-7-9-11-13-15-17-19-21-23-25-27-29-34(42)51-31-33(32-52-55(49,50)54-41-39(47)37(45)36(44)38(46)40(41)48)53-35(43)30-28-26-24-22-20-18-16-14-12-10-8-6-4-2/h18,20,24,26,33,36-41,44-48H,3-17,19,21-23,25,27-32H2,1-2H3,(H,49,50)/b20-18+,26-24+/t33?,36?,37-,38?,39?,40?,41?/m1/s1. The Morgan fingerprint density at radius 3 is 1.55 bits per heavy atom. The summed E-state index contributed by atoms with van der Waals surface area (Å²) in [5.74, 6) is -1.17. The molecule has 8 atom stereocenters. The molecule has 1 rings (SSSR count). The SMILES string of the molecule is CCCCCCCC/C=C/C/C=C/CCC(=O)OC(COC(=O)CCCCCCCCCCCCCCC)COP(=O)(O)OC1C(O)C(O)C(O)[C@@H](O)C1O. The number of unbranched alkanes of at least 4 members (excludes halogenated alkanes) is 18. The second-order valence-electron chi connectivity index (χ2n) is 14.8. The van der Waals surface area contributed by atoms with Gasteiger partial charge in [0.15, 0.2) is 6.10 Å². The summed E-state index contributed by atoms with van der Waals surface area (Å²) < 4.78 is 33.3. The van der Waals surface area contributed by atoms with E-state index in [-0.39, 0.29) is 12.8 Å². The third-order valence-corrected chi connectivity index (χ3v) is 10.8. The van der Waals surface area contributed by atoms with Crippen molar-refractivity contribution >= 4 is 19.8 Å². The molecule has 1 aliphatic rings. The van der Waals surface area contributed by atoms with E-state index in [1.807, 2.05) is 12.2 Å². The number of aliphatic hydroxyl groups excluding tert-OH is 5. The van der Waals surface area contributed by atoms with Gasteiger partial charge in [-0.25, -0.2) is 4.57 Å². The third kappa shape index (κ3) is 25.3. The van der Waals surface area contributed by atoms with E-state index in [9.17, 15) is 44.6 Å². The molecule has 0 amide bonds. The predicted molar refractivity (Wildman–Crippen MR) is 212 cm³/mol. The summed E-state index contributed by atoms with van der Waals surface area (Å²) >= 11 is 0. The average Bonchev–Trinajstić information content (AvgIpc) is 3.16. The average molecular weight is 807 g/mol. The first-order valence-corrected chi connectivity index (χ1v) is 22.6. The van der Waals surface area contributed by atoms with Crippen molar-refractivity contribution < 1.29 is 63.1 Å². The van der Waals surface area contributed by atoms with Crippen molar-refractivity contribution in [1.82, 2.24) is 0 Å². The highest BCUT2D eigenvalue weighted by atomic mass is 31.2. The maximum Gasteiger partial charge on any atom is 0.472 e. The van der Waals surface area contributed by atoms with Crippen molar-refractivity contribution in [2.45, 2.75) is 211 Å². The van der Waals surface area contributed by atoms with Gasteiger partial charge in [0.25, 0.3) is 0 Å². The lowest BCUT2D eigenvalue weighted by Crippen LogP contribution is -2.64. The number of esters is 2. The minimum absolute atomic E-state index is 0.00672. The molecule has 0 heterocycles. The smallest absolute Gasteiger partial charge is 0.462 e. The number of allylic oxidation sites excluding steroid dienone is 4. The van der Waals surface area contributed by atoms with Gasteiger partial charge in [0.2, 0.25) is 0 Å². The fourth-order valence-electron chi connectivity index (χ4n) is 6.34. The van der Waals surface area contributed by atoms with Gasteiger partial charge in [0.1, 0.15) is 43.2 Å². The first-order chi connectivity index (χ1) is 26.4. The van der Waals surface area contributed by atoms with Gasteiger partial charge < -0.3 is 39.9 Å². The summed E-state index contributed by atoms with van der Waals surface area (Å²) in [6, 6.07) is 0. The molecule has 1 aliphatic carbocycles. The van der Waals surface area contributed by atoms with Crippen LogP contribution in [0, 0.1) is 0 Å². The van der Waals surface area contributed by atoms with Crippen LogP contribution in [0.2, 0.25) is 0 Å². The second kappa shape index (κ2) is 32.3. The van der Waals surface area contributed by atoms with Gasteiger partial charge in [0.05, 0.1) is 6.61 Å². The maximum absolute atomic E-state index is 12.8. The molecular formula is C41H75O13P. The highest BCUT2D eigenvalue weighted by Gasteiger charge is 2.51. The van der Waals surface area contributed by atoms with E-state index in [1.54, 1.807) is 0 Å². The summed E-state index contributed by atoms with van der Waals surface area (Å²) in [5, 5.41) is 50.0. The second-order valence-corrected chi connectivity index (χ2v) is 16.3. The number of carbonyl (C=O) groups is 2. The van der Waals surface area contributed by atoms with E-state index in [1.165, 1.54) is 96.3 Å². The highest BCUT2D eigenvalue weighted by molar-refractivity contribution is 7.47. The lowest BCUT2D eigenvalue weighted by molar-refractivity contribution is -0.220. The Labute approximate surface area is 330 Å². The number of hydrogen-bond donors (Lipinski definition) is 6. The number of phosphoric ester groups is 1. The number of ether oxygens (including phenoxy) is 2. The van der Waals surface area contributed by atoms with Gasteiger partial charge >= 0.3 is 19.8 Å². The molecule has 0 aromatic rings. The summed E-state index contributed by atoms with van der Waals surface area (Å²) in [5.41, 5.74) is 0. The Bertz CT molecular complexity index is 1070. The zero-order valence-corrected chi connectivity index (χ0v) is 34.6. The van der Waals surface area contributed by atoms with Crippen molar-refractivity contribution in [3.05, 3.63) is 24.3 Å². The lowest BCUT2D eigenvalue weighted by Gasteiger charge is -2.41. The van der Waals surface area contributed by atoms with E-state index < -0.39 is 75.7 Å². The van der Waals surface area contributed by atoms with Gasteiger partial charge in [-0.2, -0.15) is 0 Å². The molecule has 0 radical (unpaired) electrons. The Hall–Kier alpha value is -1.67. The summed E-state index contributed by atoms with van der Waals surface area (Å²) in [6.45, 7) is 3.22. The zero-order valence-electron chi connectivity index (χ0n) is 33.7. The topological polar surface area (TPSA) is 210 Å². The van der Waals surface area contributed by atoms with E-state index in [4.69, 9.17) is 18.5 Å². The number of phosphoric acid groups is 1. The monoisotopic (exact) mass is 806 g/mol. The first kappa shape index (κ1) is 51.3. The van der Waals surface area contributed by atoms with Crippen LogP contribution in [0.15, 0.2) is 24.3 Å². The Balaban J connectivity index is 2.54. The van der Waals surface area contributed by atoms with Crippen LogP contribution in [0.5, 0.6) is 0 Å². The Morgan fingerprint density at radius 1 is 0.564 bits per heavy atom. The molecule has 0 aromatic carbocycles. The van der Waals surface area contributed by atoms with Gasteiger partial charge in [-0.15, -0.1) is 0 Å². The van der Waals surface area contributed by atoms with Crippen molar-refractivity contribution in [3.63, 3.8) is 0 Å². The van der Waals surface area contributed by atoms with Crippen LogP contribution in [0.4, 0.5) is 0 Å². The minimum Gasteiger partial charge on any atom is -0.462 e. The van der Waals surface area contributed by atoms with Crippen LogP contribution in [0.3, 0.4) is 0 Å². The molecule has 13 nitrogen and oxygen atoms in total. The Kier molecular flexibility index (Phi) is 30.2. The molecular weight excluding hydrogens is 731 g/mol. The fourth-order valence-corrected chi connectivity index (χ4v) is 7.31. The van der Waals surface area contributed by atoms with E-state index >= 15 is 0 Å². The molecule has 0 saturated heterocycles. The van der Waals surface area contributed by atoms with Gasteiger partial charge in [-0.1, -0.05) is 147 Å². The molecule has 14 heteroatoms. The normalized spacial score (nSPS) is 23.3. The molecule has 0 aliphatic heterocycles. The van der Waals surface area contributed by atoms with E-state index in [2.05, 4.69) is 26.0 Å². The largest absolute Gasteiger partial charge is 0.472 e. The van der Waals surface area contributed by atoms with Crippen molar-refractivity contribution in [1.29, 1.82) is 0 Å². The van der Waals surface area contributed by atoms with Crippen LogP contribution < -0.4 is 0 Å². The van der Waals surface area contributed by atoms with Gasteiger partial charge in [0, 0.05) is 12.8 Å². The third-order valence-electron chi connectivity index (χ3n) is 9.81. The highest BCUT2D eigenvalue weighted by Crippen LogP contribution is 2.47. The zero-order chi connectivity index (χ0) is 40.7. The van der Waals surface area contributed by atoms with E-state index in [0.29, 0.717) is 12.8 Å². The molecule has 0 bridgehead atoms. The molecule has 7 unspecified atom stereocenters. The number of hydrogen-bond acceptors (Lipinski definition) is 12. The maximum atomic E-state index is 12.8. The number of aliphatic hydroxyl groups is 5. The predicted octanol–water partition coefficient (Wildman–Crippen LogP) is 7.28. The van der Waals surface area contributed by atoms with Crippen LogP contribution in [-0.4, -0.2) is 98.3 Å².